The second-order valence-electron chi connectivity index (χ2n) is 7.24. The van der Waals surface area contributed by atoms with E-state index >= 15 is 0 Å². The predicted octanol–water partition coefficient (Wildman–Crippen LogP) is 1.95. The van der Waals surface area contributed by atoms with Gasteiger partial charge in [0.15, 0.2) is 0 Å². The van der Waals surface area contributed by atoms with Crippen LogP contribution in [0.2, 0.25) is 0 Å². The van der Waals surface area contributed by atoms with Crippen LogP contribution in [0.5, 0.6) is 0 Å². The van der Waals surface area contributed by atoms with Gasteiger partial charge in [0.1, 0.15) is 0 Å². The number of urea groups is 1. The average Bonchev–Trinajstić information content (AvgIpc) is 3.31. The third-order valence-corrected chi connectivity index (χ3v) is 5.17. The van der Waals surface area contributed by atoms with Crippen molar-refractivity contribution in [2.24, 2.45) is 0 Å². The van der Waals surface area contributed by atoms with Crippen LogP contribution >= 0.6 is 0 Å². The average molecular weight is 354 g/mol. The Morgan fingerprint density at radius 3 is 2.92 bits per heavy atom. The van der Waals surface area contributed by atoms with E-state index < -0.39 is 0 Å². The number of fused-ring (bicyclic) bond motifs is 1. The lowest BCUT2D eigenvalue weighted by Crippen LogP contribution is -2.45. The highest BCUT2D eigenvalue weighted by atomic mass is 16.2. The molecule has 26 heavy (non-hydrogen) atoms. The van der Waals surface area contributed by atoms with E-state index in [1.54, 1.807) is 0 Å². The Bertz CT molecular complexity index is 767. The standard InChI is InChI=1S/C19H26N6O/c1-15-5-4-6-16(22-15)12-23-13-17-7-8-21-25(17)18(14-23)11-20-19(26)24-9-2-3-10-24/h4-8,18H,2-3,9-14H2,1H3,(H,20,26). The van der Waals surface area contributed by atoms with Gasteiger partial charge in [0, 0.05) is 51.2 Å². The Balaban J connectivity index is 1.41. The first-order chi connectivity index (χ1) is 12.7. The predicted molar refractivity (Wildman–Crippen MR) is 98.6 cm³/mol. The maximum Gasteiger partial charge on any atom is 0.317 e. The highest BCUT2D eigenvalue weighted by molar-refractivity contribution is 5.74. The van der Waals surface area contributed by atoms with E-state index in [-0.39, 0.29) is 12.1 Å². The van der Waals surface area contributed by atoms with Gasteiger partial charge in [-0.15, -0.1) is 0 Å². The van der Waals surface area contributed by atoms with Crippen LogP contribution in [0.15, 0.2) is 30.5 Å². The number of aryl methyl sites for hydroxylation is 1. The molecule has 7 nitrogen and oxygen atoms in total. The number of nitrogens with one attached hydrogen (secondary N) is 1. The van der Waals surface area contributed by atoms with E-state index in [4.69, 9.17) is 0 Å². The monoisotopic (exact) mass is 354 g/mol. The number of amides is 2. The maximum atomic E-state index is 12.3. The molecule has 0 spiro atoms. The van der Waals surface area contributed by atoms with Crippen LogP contribution in [0.4, 0.5) is 4.79 Å². The van der Waals surface area contributed by atoms with Crippen molar-refractivity contribution in [2.75, 3.05) is 26.2 Å². The maximum absolute atomic E-state index is 12.3. The lowest BCUT2D eigenvalue weighted by molar-refractivity contribution is 0.159. The molecule has 1 fully saturated rings. The molecule has 1 saturated heterocycles. The molecule has 4 heterocycles. The molecule has 2 aliphatic heterocycles. The zero-order valence-corrected chi connectivity index (χ0v) is 15.3. The Morgan fingerprint density at radius 2 is 2.12 bits per heavy atom. The van der Waals surface area contributed by atoms with Gasteiger partial charge in [0.2, 0.25) is 0 Å². The van der Waals surface area contributed by atoms with E-state index in [0.29, 0.717) is 6.54 Å². The van der Waals surface area contributed by atoms with Gasteiger partial charge in [-0.3, -0.25) is 14.6 Å². The lowest BCUT2D eigenvalue weighted by Gasteiger charge is -2.34. The number of hydrogen-bond donors (Lipinski definition) is 1. The minimum Gasteiger partial charge on any atom is -0.336 e. The molecule has 1 atom stereocenters. The van der Waals surface area contributed by atoms with Crippen LogP contribution in [0.3, 0.4) is 0 Å². The van der Waals surface area contributed by atoms with Crippen LogP contribution in [0, 0.1) is 6.92 Å². The van der Waals surface area contributed by atoms with Crippen LogP contribution < -0.4 is 5.32 Å². The van der Waals surface area contributed by atoms with E-state index in [1.807, 2.05) is 24.1 Å². The molecule has 1 unspecified atom stereocenters. The van der Waals surface area contributed by atoms with Crippen molar-refractivity contribution in [3.05, 3.63) is 47.5 Å². The number of nitrogens with zero attached hydrogens (tertiary/aromatic N) is 5. The van der Waals surface area contributed by atoms with E-state index in [0.717, 1.165) is 57.0 Å². The summed E-state index contributed by atoms with van der Waals surface area (Å²) >= 11 is 0. The van der Waals surface area contributed by atoms with E-state index in [2.05, 4.69) is 43.2 Å². The number of aromatic nitrogens is 3. The first kappa shape index (κ1) is 17.0. The summed E-state index contributed by atoms with van der Waals surface area (Å²) < 4.78 is 2.06. The molecule has 0 radical (unpaired) electrons. The summed E-state index contributed by atoms with van der Waals surface area (Å²) in [7, 11) is 0. The summed E-state index contributed by atoms with van der Waals surface area (Å²) in [6.07, 6.45) is 4.06. The Hall–Kier alpha value is -2.41. The zero-order chi connectivity index (χ0) is 17.9. The van der Waals surface area contributed by atoms with Gasteiger partial charge in [-0.25, -0.2) is 4.79 Å². The van der Waals surface area contributed by atoms with Crippen LogP contribution in [0.25, 0.3) is 0 Å². The number of carbonyl (C=O) groups excluding carboxylic acids is 1. The zero-order valence-electron chi connectivity index (χ0n) is 15.3. The molecule has 1 N–H and O–H groups in total. The SMILES string of the molecule is Cc1cccc(CN2Cc3ccnn3C(CNC(=O)N3CCCC3)C2)n1. The molecule has 2 aromatic heterocycles. The highest BCUT2D eigenvalue weighted by Crippen LogP contribution is 2.21. The molecule has 7 heteroatoms. The Morgan fingerprint density at radius 1 is 1.27 bits per heavy atom. The second kappa shape index (κ2) is 7.45. The van der Waals surface area contributed by atoms with Gasteiger partial charge < -0.3 is 10.2 Å². The van der Waals surface area contributed by atoms with Gasteiger partial charge in [-0.05, 0) is 38.0 Å². The van der Waals surface area contributed by atoms with Crippen molar-refractivity contribution in [2.45, 2.75) is 38.9 Å². The van der Waals surface area contributed by atoms with Crippen molar-refractivity contribution < 1.29 is 4.79 Å². The molecule has 2 amide bonds. The minimum atomic E-state index is 0.0497. The van der Waals surface area contributed by atoms with E-state index in [1.165, 1.54) is 5.69 Å². The molecule has 0 aliphatic carbocycles. The van der Waals surface area contributed by atoms with Crippen molar-refractivity contribution in [1.82, 2.24) is 29.9 Å². The Labute approximate surface area is 154 Å². The van der Waals surface area contributed by atoms with Crippen LogP contribution in [-0.4, -0.2) is 56.8 Å². The molecule has 2 aliphatic rings. The smallest absolute Gasteiger partial charge is 0.317 e. The van der Waals surface area contributed by atoms with Crippen molar-refractivity contribution in [1.29, 1.82) is 0 Å². The summed E-state index contributed by atoms with van der Waals surface area (Å²) in [6.45, 7) is 6.87. The van der Waals surface area contributed by atoms with Gasteiger partial charge in [-0.2, -0.15) is 5.10 Å². The van der Waals surface area contributed by atoms with Gasteiger partial charge in [-0.1, -0.05) is 6.07 Å². The quantitative estimate of drug-likeness (QED) is 0.911. The fourth-order valence-corrected chi connectivity index (χ4v) is 3.89. The Kier molecular flexibility index (Phi) is 4.88. The van der Waals surface area contributed by atoms with E-state index in [9.17, 15) is 4.79 Å². The van der Waals surface area contributed by atoms with Gasteiger partial charge in [0.05, 0.1) is 17.4 Å². The topological polar surface area (TPSA) is 66.3 Å². The summed E-state index contributed by atoms with van der Waals surface area (Å²) in [5.41, 5.74) is 3.31. The first-order valence-corrected chi connectivity index (χ1v) is 9.39. The third-order valence-electron chi connectivity index (χ3n) is 5.17. The minimum absolute atomic E-state index is 0.0497. The number of hydrogen-bond acceptors (Lipinski definition) is 4. The molecule has 0 aromatic carbocycles. The number of rotatable bonds is 4. The number of likely N-dealkylation sites (tertiary alicyclic amines) is 1. The fraction of sp³-hybridized carbons (Fsp3) is 0.526. The van der Waals surface area contributed by atoms with Crippen LogP contribution in [0.1, 0.15) is 36.0 Å². The lowest BCUT2D eigenvalue weighted by atomic mass is 10.1. The largest absolute Gasteiger partial charge is 0.336 e. The molecular weight excluding hydrogens is 328 g/mol. The van der Waals surface area contributed by atoms with Crippen molar-refractivity contribution in [3.63, 3.8) is 0 Å². The molecule has 2 aromatic rings. The number of pyridine rings is 1. The summed E-state index contributed by atoms with van der Waals surface area (Å²) in [5.74, 6) is 0. The molecule has 138 valence electrons. The summed E-state index contributed by atoms with van der Waals surface area (Å²) in [5, 5.41) is 7.58. The first-order valence-electron chi connectivity index (χ1n) is 9.39. The number of carbonyl (C=O) groups is 1. The second-order valence-corrected chi connectivity index (χ2v) is 7.24. The highest BCUT2D eigenvalue weighted by Gasteiger charge is 2.27. The summed E-state index contributed by atoms with van der Waals surface area (Å²) in [6, 6.07) is 8.40. The summed E-state index contributed by atoms with van der Waals surface area (Å²) in [4.78, 5) is 21.2. The normalized spacial score (nSPS) is 20.2. The van der Waals surface area contributed by atoms with Crippen molar-refractivity contribution >= 4 is 6.03 Å². The molecule has 0 saturated carbocycles. The molecule has 4 rings (SSSR count). The van der Waals surface area contributed by atoms with Crippen molar-refractivity contribution in [3.8, 4) is 0 Å². The van der Waals surface area contributed by atoms with Crippen LogP contribution in [-0.2, 0) is 13.1 Å². The molecule has 0 bridgehead atoms. The molecular formula is C19H26N6O. The van der Waals surface area contributed by atoms with Gasteiger partial charge in [0.25, 0.3) is 0 Å². The third kappa shape index (κ3) is 3.72. The fourth-order valence-electron chi connectivity index (χ4n) is 3.89. The van der Waals surface area contributed by atoms with Gasteiger partial charge >= 0.3 is 6.03 Å².